The Morgan fingerprint density at radius 2 is 1.92 bits per heavy atom. The van der Waals surface area contributed by atoms with E-state index in [1.54, 1.807) is 6.08 Å². The van der Waals surface area contributed by atoms with Crippen molar-refractivity contribution in [3.63, 3.8) is 0 Å². The maximum atomic E-state index is 13.5. The van der Waals surface area contributed by atoms with E-state index in [1.165, 1.54) is 0 Å². The standard InChI is InChI=1S/C28H45NO6S/c1-6-26(4)14-22(35-23(32)15-36(34)21-8-7-18(29)13-20(21)31)27(5)16(2)9-11-28(17(3)25(26)33)12-10-19(30)24(27)28/h6,16-18,20-22,24-25,31,33H,1,7-15,29H2,2-5H3/t16?,17-,18+,20+,21+,22+,24-,25-,26+,27-,28-,36-/m0/s1. The summed E-state index contributed by atoms with van der Waals surface area (Å²) in [5, 5.41) is 21.5. The molecule has 0 heterocycles. The number of nitrogens with two attached hydrogens (primary N) is 1. The minimum atomic E-state index is -1.59. The Kier molecular flexibility index (Phi) is 7.68. The normalized spacial score (nSPS) is 49.9. The molecule has 4 saturated carbocycles. The quantitative estimate of drug-likeness (QED) is 0.373. The molecule has 4 aliphatic carbocycles. The molecule has 7 nitrogen and oxygen atoms in total. The summed E-state index contributed by atoms with van der Waals surface area (Å²) in [6.45, 7) is 12.3. The van der Waals surface area contributed by atoms with Crippen molar-refractivity contribution in [1.29, 1.82) is 0 Å². The van der Waals surface area contributed by atoms with Crippen molar-refractivity contribution in [3.05, 3.63) is 12.7 Å². The number of ketones is 1. The smallest absolute Gasteiger partial charge is 0.318 e. The van der Waals surface area contributed by atoms with E-state index in [2.05, 4.69) is 27.4 Å². The van der Waals surface area contributed by atoms with E-state index in [0.717, 1.165) is 19.3 Å². The van der Waals surface area contributed by atoms with Gasteiger partial charge < -0.3 is 20.7 Å². The van der Waals surface area contributed by atoms with Gasteiger partial charge in [0.25, 0.3) is 0 Å². The van der Waals surface area contributed by atoms with Crippen LogP contribution in [0.4, 0.5) is 0 Å². The maximum Gasteiger partial charge on any atom is 0.318 e. The molecule has 4 N–H and O–H groups in total. The van der Waals surface area contributed by atoms with E-state index < -0.39 is 51.2 Å². The Bertz CT molecular complexity index is 926. The van der Waals surface area contributed by atoms with E-state index in [-0.39, 0.29) is 40.7 Å². The van der Waals surface area contributed by atoms with Crippen LogP contribution in [-0.2, 0) is 25.1 Å². The summed E-state index contributed by atoms with van der Waals surface area (Å²) in [5.74, 6) is -0.920. The Hall–Kier alpha value is -1.09. The van der Waals surface area contributed by atoms with Gasteiger partial charge in [-0.3, -0.25) is 13.8 Å². The number of ether oxygens (including phenoxy) is 1. The number of esters is 1. The highest BCUT2D eigenvalue weighted by atomic mass is 32.2. The van der Waals surface area contributed by atoms with Gasteiger partial charge in [-0.15, -0.1) is 6.58 Å². The van der Waals surface area contributed by atoms with Crippen LogP contribution in [0.5, 0.6) is 0 Å². The SMILES string of the molecule is C=C[C@]1(C)C[C@@H](OC(=O)C[S@](=O)[C@@H]2CC[C@@H](N)C[C@H]2O)[C@]2(C)C(C)CC[C@]3(CCC(=O)[C@H]32)[C@@H](C)[C@@H]1O. The number of aliphatic hydroxyl groups excluding tert-OH is 2. The van der Waals surface area contributed by atoms with Crippen LogP contribution in [0.1, 0.15) is 79.1 Å². The predicted molar refractivity (Wildman–Crippen MR) is 139 cm³/mol. The average Bonchev–Trinajstić information content (AvgIpc) is 3.17. The highest BCUT2D eigenvalue weighted by Crippen LogP contribution is 2.68. The number of hydrogen-bond acceptors (Lipinski definition) is 7. The fourth-order valence-corrected chi connectivity index (χ4v) is 9.75. The fourth-order valence-electron chi connectivity index (χ4n) is 8.37. The zero-order valence-corrected chi connectivity index (χ0v) is 23.1. The third-order valence-corrected chi connectivity index (χ3v) is 12.7. The van der Waals surface area contributed by atoms with Crippen LogP contribution in [0.2, 0.25) is 0 Å². The van der Waals surface area contributed by atoms with Crippen LogP contribution in [0.15, 0.2) is 12.7 Å². The first-order valence-electron chi connectivity index (χ1n) is 13.6. The van der Waals surface area contributed by atoms with E-state index in [1.807, 2.05) is 6.92 Å². The minimum Gasteiger partial charge on any atom is -0.461 e. The second-order valence-electron chi connectivity index (χ2n) is 12.8. The molecule has 0 aliphatic heterocycles. The van der Waals surface area contributed by atoms with Gasteiger partial charge in [-0.2, -0.15) is 0 Å². The van der Waals surface area contributed by atoms with Crippen molar-refractivity contribution >= 4 is 22.6 Å². The number of rotatable bonds is 5. The molecule has 12 atom stereocenters. The summed E-state index contributed by atoms with van der Waals surface area (Å²) >= 11 is 0. The summed E-state index contributed by atoms with van der Waals surface area (Å²) in [4.78, 5) is 26.7. The Balaban J connectivity index is 1.65. The van der Waals surface area contributed by atoms with Crippen molar-refractivity contribution in [3.8, 4) is 0 Å². The molecule has 0 amide bonds. The molecule has 2 bridgehead atoms. The van der Waals surface area contributed by atoms with Gasteiger partial charge in [0, 0.05) is 40.0 Å². The first-order chi connectivity index (χ1) is 16.8. The van der Waals surface area contributed by atoms with Crippen LogP contribution in [0.3, 0.4) is 0 Å². The molecule has 0 aromatic rings. The van der Waals surface area contributed by atoms with Crippen LogP contribution in [0, 0.1) is 34.0 Å². The molecule has 4 aliphatic rings. The summed E-state index contributed by atoms with van der Waals surface area (Å²) in [6, 6.07) is -0.113. The second-order valence-corrected chi connectivity index (χ2v) is 14.4. The van der Waals surface area contributed by atoms with Crippen molar-refractivity contribution in [2.24, 2.45) is 39.7 Å². The summed E-state index contributed by atoms with van der Waals surface area (Å²) in [5.41, 5.74) is 4.28. The topological polar surface area (TPSA) is 127 Å². The lowest BCUT2D eigenvalue weighted by molar-refractivity contribution is -0.205. The van der Waals surface area contributed by atoms with Gasteiger partial charge in [-0.05, 0) is 62.2 Å². The van der Waals surface area contributed by atoms with Crippen LogP contribution in [-0.4, -0.2) is 61.5 Å². The monoisotopic (exact) mass is 523 g/mol. The molecule has 0 aromatic carbocycles. The van der Waals surface area contributed by atoms with Crippen molar-refractivity contribution < 1.29 is 28.7 Å². The molecule has 8 heteroatoms. The molecule has 4 fully saturated rings. The highest BCUT2D eigenvalue weighted by Gasteiger charge is 2.68. The third-order valence-electron chi connectivity index (χ3n) is 11.0. The van der Waals surface area contributed by atoms with E-state index >= 15 is 0 Å². The zero-order chi connectivity index (χ0) is 26.6. The molecule has 204 valence electrons. The number of aliphatic hydroxyl groups is 2. The summed E-state index contributed by atoms with van der Waals surface area (Å²) < 4.78 is 19.2. The summed E-state index contributed by atoms with van der Waals surface area (Å²) in [6.07, 6.45) is 4.54. The van der Waals surface area contributed by atoms with E-state index in [0.29, 0.717) is 32.1 Å². The Morgan fingerprint density at radius 1 is 1.22 bits per heavy atom. The van der Waals surface area contributed by atoms with Crippen molar-refractivity contribution in [2.45, 2.75) is 109 Å². The molecule has 0 aromatic heterocycles. The van der Waals surface area contributed by atoms with Crippen LogP contribution in [0.25, 0.3) is 0 Å². The Labute approximate surface area is 218 Å². The van der Waals surface area contributed by atoms with Gasteiger partial charge in [0.1, 0.15) is 17.6 Å². The minimum absolute atomic E-state index is 0.0907. The average molecular weight is 524 g/mol. The van der Waals surface area contributed by atoms with Gasteiger partial charge >= 0.3 is 5.97 Å². The highest BCUT2D eigenvalue weighted by molar-refractivity contribution is 7.86. The van der Waals surface area contributed by atoms with Gasteiger partial charge in [0.05, 0.1) is 17.5 Å². The lowest BCUT2D eigenvalue weighted by Crippen LogP contribution is -2.63. The Morgan fingerprint density at radius 3 is 2.56 bits per heavy atom. The predicted octanol–water partition coefficient (Wildman–Crippen LogP) is 2.88. The molecule has 4 rings (SSSR count). The van der Waals surface area contributed by atoms with Gasteiger partial charge in [-0.1, -0.05) is 33.8 Å². The number of hydrogen-bond donors (Lipinski definition) is 3. The first-order valence-corrected chi connectivity index (χ1v) is 15.0. The maximum absolute atomic E-state index is 13.5. The molecule has 36 heavy (non-hydrogen) atoms. The molecule has 0 spiro atoms. The van der Waals surface area contributed by atoms with Gasteiger partial charge in [0.15, 0.2) is 0 Å². The van der Waals surface area contributed by atoms with E-state index in [4.69, 9.17) is 10.5 Å². The molecular formula is C28H45NO6S. The molecule has 0 radical (unpaired) electrons. The molecule has 0 saturated heterocycles. The third kappa shape index (κ3) is 4.34. The molecule has 1 unspecified atom stereocenters. The molecular weight excluding hydrogens is 478 g/mol. The first kappa shape index (κ1) is 27.9. The van der Waals surface area contributed by atoms with Gasteiger partial charge in [-0.25, -0.2) is 0 Å². The lowest BCUT2D eigenvalue weighted by atomic mass is 9.44. The van der Waals surface area contributed by atoms with Crippen molar-refractivity contribution in [1.82, 2.24) is 0 Å². The number of carbonyl (C=O) groups is 2. The van der Waals surface area contributed by atoms with Crippen LogP contribution < -0.4 is 5.73 Å². The number of Topliss-reactive ketones (excluding diaryl/α,β-unsaturated/α-hetero) is 1. The van der Waals surface area contributed by atoms with E-state index in [9.17, 15) is 24.0 Å². The number of carbonyl (C=O) groups excluding carboxylic acids is 2. The second kappa shape index (κ2) is 9.90. The largest absolute Gasteiger partial charge is 0.461 e. The van der Waals surface area contributed by atoms with Crippen molar-refractivity contribution in [2.75, 3.05) is 5.75 Å². The van der Waals surface area contributed by atoms with Crippen LogP contribution >= 0.6 is 0 Å². The summed E-state index contributed by atoms with van der Waals surface area (Å²) in [7, 11) is -1.59. The lowest BCUT2D eigenvalue weighted by Gasteiger charge is -2.61. The fraction of sp³-hybridized carbons (Fsp3) is 0.857. The zero-order valence-electron chi connectivity index (χ0n) is 22.3. The van der Waals surface area contributed by atoms with Gasteiger partial charge in [0.2, 0.25) is 0 Å².